The van der Waals surface area contributed by atoms with Gasteiger partial charge in [-0.3, -0.25) is 0 Å². The predicted octanol–water partition coefficient (Wildman–Crippen LogP) is 3.81. The monoisotopic (exact) mass is 323 g/mol. The van der Waals surface area contributed by atoms with Gasteiger partial charge in [-0.1, -0.05) is 18.2 Å². The van der Waals surface area contributed by atoms with Crippen molar-refractivity contribution in [3.63, 3.8) is 0 Å². The lowest BCUT2D eigenvalue weighted by Gasteiger charge is -2.09. The first-order valence-electron chi connectivity index (χ1n) is 8.57. The second-order valence-electron chi connectivity index (χ2n) is 6.20. The minimum absolute atomic E-state index is 0.444. The van der Waals surface area contributed by atoms with Crippen LogP contribution in [0.4, 0.5) is 5.69 Å². The van der Waals surface area contributed by atoms with Gasteiger partial charge < -0.3 is 15.8 Å². The van der Waals surface area contributed by atoms with E-state index in [0.29, 0.717) is 19.1 Å². The summed E-state index contributed by atoms with van der Waals surface area (Å²) in [6, 6.07) is 12.6. The quantitative estimate of drug-likeness (QED) is 0.650. The van der Waals surface area contributed by atoms with E-state index < -0.39 is 0 Å². The molecule has 3 N–H and O–H groups in total. The van der Waals surface area contributed by atoms with Crippen molar-refractivity contribution in [3.8, 4) is 5.75 Å². The van der Waals surface area contributed by atoms with Gasteiger partial charge in [0.1, 0.15) is 5.75 Å². The first kappa shape index (κ1) is 16.4. The molecule has 0 radical (unpaired) electrons. The lowest BCUT2D eigenvalue weighted by Crippen LogP contribution is -2.22. The predicted molar refractivity (Wildman–Crippen MR) is 99.8 cm³/mol. The molecule has 0 spiro atoms. The Kier molecular flexibility index (Phi) is 5.04. The number of anilines is 1. The van der Waals surface area contributed by atoms with Crippen molar-refractivity contribution in [2.75, 3.05) is 11.9 Å². The maximum atomic E-state index is 6.03. The van der Waals surface area contributed by atoms with E-state index in [9.17, 15) is 0 Å². The zero-order valence-corrected chi connectivity index (χ0v) is 14.4. The first-order chi connectivity index (χ1) is 11.7. The summed E-state index contributed by atoms with van der Waals surface area (Å²) in [6.45, 7) is 5.26. The third-order valence-electron chi connectivity index (χ3n) is 4.34. The van der Waals surface area contributed by atoms with Gasteiger partial charge in [-0.25, -0.2) is 4.99 Å². The van der Waals surface area contributed by atoms with E-state index in [1.54, 1.807) is 0 Å². The van der Waals surface area contributed by atoms with Gasteiger partial charge in [0.05, 0.1) is 13.2 Å². The fourth-order valence-electron chi connectivity index (χ4n) is 3.14. The minimum Gasteiger partial charge on any atom is -0.494 e. The molecule has 0 heterocycles. The Morgan fingerprint density at radius 3 is 2.79 bits per heavy atom. The van der Waals surface area contributed by atoms with Crippen LogP contribution in [0.25, 0.3) is 0 Å². The molecule has 0 aliphatic heterocycles. The van der Waals surface area contributed by atoms with Crippen LogP contribution in [-0.2, 0) is 19.4 Å². The summed E-state index contributed by atoms with van der Waals surface area (Å²) in [7, 11) is 0. The molecule has 2 aromatic carbocycles. The third kappa shape index (κ3) is 3.88. The molecule has 4 nitrogen and oxygen atoms in total. The number of aliphatic imine (C=N–C) groups is 1. The Labute approximate surface area is 143 Å². The molecular weight excluding hydrogens is 298 g/mol. The van der Waals surface area contributed by atoms with Crippen LogP contribution in [0.15, 0.2) is 41.4 Å². The number of rotatable bonds is 5. The molecule has 3 rings (SSSR count). The van der Waals surface area contributed by atoms with Crippen LogP contribution in [0, 0.1) is 6.92 Å². The van der Waals surface area contributed by atoms with Crippen LogP contribution in [0.5, 0.6) is 5.75 Å². The Balaban J connectivity index is 1.63. The molecule has 1 aliphatic carbocycles. The zero-order chi connectivity index (χ0) is 16.9. The van der Waals surface area contributed by atoms with E-state index in [4.69, 9.17) is 10.5 Å². The molecule has 1 aliphatic rings. The van der Waals surface area contributed by atoms with Crippen molar-refractivity contribution in [1.82, 2.24) is 0 Å². The normalized spacial score (nSPS) is 13.7. The highest BCUT2D eigenvalue weighted by molar-refractivity contribution is 5.92. The van der Waals surface area contributed by atoms with Crippen LogP contribution < -0.4 is 15.8 Å². The van der Waals surface area contributed by atoms with Crippen LogP contribution in [0.1, 0.15) is 35.6 Å². The molecule has 0 saturated carbocycles. The van der Waals surface area contributed by atoms with E-state index in [1.165, 1.54) is 24.0 Å². The summed E-state index contributed by atoms with van der Waals surface area (Å²) in [5.74, 6) is 1.37. The molecule has 126 valence electrons. The topological polar surface area (TPSA) is 59.6 Å². The molecule has 2 aromatic rings. The smallest absolute Gasteiger partial charge is 0.193 e. The van der Waals surface area contributed by atoms with E-state index >= 15 is 0 Å². The van der Waals surface area contributed by atoms with Gasteiger partial charge in [0, 0.05) is 5.69 Å². The summed E-state index contributed by atoms with van der Waals surface area (Å²) in [5, 5.41) is 3.19. The number of hydrogen-bond donors (Lipinski definition) is 2. The van der Waals surface area contributed by atoms with Gasteiger partial charge in [0.15, 0.2) is 5.96 Å². The lowest BCUT2D eigenvalue weighted by molar-refractivity contribution is 0.338. The second-order valence-corrected chi connectivity index (χ2v) is 6.20. The molecule has 0 saturated heterocycles. The molecule has 24 heavy (non-hydrogen) atoms. The van der Waals surface area contributed by atoms with Gasteiger partial charge in [0.25, 0.3) is 0 Å². The molecular formula is C20H25N3O. The number of fused-ring (bicyclic) bond motifs is 1. The van der Waals surface area contributed by atoms with E-state index in [1.807, 2.05) is 26.0 Å². The van der Waals surface area contributed by atoms with Crippen molar-refractivity contribution >= 4 is 11.6 Å². The number of nitrogens with two attached hydrogens (primary N) is 1. The van der Waals surface area contributed by atoms with Crippen molar-refractivity contribution in [2.45, 2.75) is 39.7 Å². The minimum atomic E-state index is 0.444. The Morgan fingerprint density at radius 1 is 1.17 bits per heavy atom. The molecule has 0 unspecified atom stereocenters. The Bertz CT molecular complexity index is 753. The Morgan fingerprint density at radius 2 is 2.00 bits per heavy atom. The van der Waals surface area contributed by atoms with Gasteiger partial charge >= 0.3 is 0 Å². The molecule has 0 amide bonds. The average Bonchev–Trinajstić information content (AvgIpc) is 3.03. The summed E-state index contributed by atoms with van der Waals surface area (Å²) in [6.07, 6.45) is 3.60. The van der Waals surface area contributed by atoms with E-state index in [0.717, 1.165) is 29.0 Å². The van der Waals surface area contributed by atoms with Crippen LogP contribution >= 0.6 is 0 Å². The third-order valence-corrected chi connectivity index (χ3v) is 4.34. The number of hydrogen-bond acceptors (Lipinski definition) is 2. The zero-order valence-electron chi connectivity index (χ0n) is 14.4. The lowest BCUT2D eigenvalue weighted by atomic mass is 10.1. The van der Waals surface area contributed by atoms with Gasteiger partial charge in [-0.15, -0.1) is 0 Å². The number of nitrogens with zero attached hydrogens (tertiary/aromatic N) is 1. The summed E-state index contributed by atoms with van der Waals surface area (Å²) in [4.78, 5) is 4.44. The second kappa shape index (κ2) is 7.39. The number of aryl methyl sites for hydroxylation is 3. The number of nitrogens with one attached hydrogen (secondary N) is 1. The largest absolute Gasteiger partial charge is 0.494 e. The Hall–Kier alpha value is -2.49. The molecule has 0 fully saturated rings. The fraction of sp³-hybridized carbons (Fsp3) is 0.350. The van der Waals surface area contributed by atoms with Gasteiger partial charge in [-0.05, 0) is 73.6 Å². The molecule has 0 bridgehead atoms. The summed E-state index contributed by atoms with van der Waals surface area (Å²) >= 11 is 0. The standard InChI is InChI=1S/C20H25N3O/c1-3-24-19-10-7-15(11-14(19)2)13-22-20(21)23-18-9-8-16-5-4-6-17(16)12-18/h7-12H,3-6,13H2,1-2H3,(H3,21,22,23). The maximum Gasteiger partial charge on any atom is 0.193 e. The van der Waals surface area contributed by atoms with E-state index in [2.05, 4.69) is 34.6 Å². The highest BCUT2D eigenvalue weighted by atomic mass is 16.5. The SMILES string of the molecule is CCOc1ccc(CN=C(N)Nc2ccc3c(c2)CCC3)cc1C. The first-order valence-corrected chi connectivity index (χ1v) is 8.57. The molecule has 0 aromatic heterocycles. The van der Waals surface area contributed by atoms with Crippen molar-refractivity contribution < 1.29 is 4.74 Å². The van der Waals surface area contributed by atoms with Gasteiger partial charge in [-0.2, -0.15) is 0 Å². The fourth-order valence-corrected chi connectivity index (χ4v) is 3.14. The van der Waals surface area contributed by atoms with E-state index in [-0.39, 0.29) is 0 Å². The van der Waals surface area contributed by atoms with Crippen LogP contribution in [-0.4, -0.2) is 12.6 Å². The average molecular weight is 323 g/mol. The summed E-state index contributed by atoms with van der Waals surface area (Å²) < 4.78 is 5.56. The van der Waals surface area contributed by atoms with Crippen molar-refractivity contribution in [2.24, 2.45) is 10.7 Å². The highest BCUT2D eigenvalue weighted by Gasteiger charge is 2.10. The number of guanidine groups is 1. The molecule has 0 atom stereocenters. The molecule has 4 heteroatoms. The van der Waals surface area contributed by atoms with Crippen molar-refractivity contribution in [3.05, 3.63) is 58.7 Å². The van der Waals surface area contributed by atoms with Crippen LogP contribution in [0.2, 0.25) is 0 Å². The highest BCUT2D eigenvalue weighted by Crippen LogP contribution is 2.25. The maximum absolute atomic E-state index is 6.03. The van der Waals surface area contributed by atoms with Crippen molar-refractivity contribution in [1.29, 1.82) is 0 Å². The number of ether oxygens (including phenoxy) is 1. The summed E-state index contributed by atoms with van der Waals surface area (Å²) in [5.41, 5.74) is 12.2. The van der Waals surface area contributed by atoms with Gasteiger partial charge in [0.2, 0.25) is 0 Å². The van der Waals surface area contributed by atoms with Crippen LogP contribution in [0.3, 0.4) is 0 Å². The number of benzene rings is 2.